The molecule has 0 saturated carbocycles. The van der Waals surface area contributed by atoms with Gasteiger partial charge in [-0.1, -0.05) is 35.5 Å². The lowest BCUT2D eigenvalue weighted by atomic mass is 10.1. The highest BCUT2D eigenvalue weighted by Crippen LogP contribution is 2.31. The molecule has 6 nitrogen and oxygen atoms in total. The Kier molecular flexibility index (Phi) is 5.16. The first kappa shape index (κ1) is 19.2. The predicted molar refractivity (Wildman–Crippen MR) is 94.6 cm³/mol. The summed E-state index contributed by atoms with van der Waals surface area (Å²) in [6.45, 7) is 1.74. The van der Waals surface area contributed by atoms with Crippen LogP contribution < -0.4 is 10.6 Å². The van der Waals surface area contributed by atoms with Crippen molar-refractivity contribution in [3.8, 4) is 11.3 Å². The molecular formula is C19H14F3N3O3. The van der Waals surface area contributed by atoms with Gasteiger partial charge in [-0.3, -0.25) is 15.4 Å². The van der Waals surface area contributed by atoms with Gasteiger partial charge in [0.2, 0.25) is 0 Å². The molecule has 9 heteroatoms. The van der Waals surface area contributed by atoms with Crippen LogP contribution in [0.5, 0.6) is 0 Å². The molecule has 3 aromatic rings. The number of urea groups is 1. The number of imide groups is 1. The maximum Gasteiger partial charge on any atom is 0.416 e. The van der Waals surface area contributed by atoms with Crippen molar-refractivity contribution < 1.29 is 27.3 Å². The average Bonchev–Trinajstić information content (AvgIpc) is 3.09. The lowest BCUT2D eigenvalue weighted by Gasteiger charge is -2.06. The molecule has 0 aliphatic rings. The molecule has 0 atom stereocenters. The van der Waals surface area contributed by atoms with Gasteiger partial charge in [0.1, 0.15) is 0 Å². The molecule has 0 saturated heterocycles. The minimum atomic E-state index is -4.44. The zero-order chi connectivity index (χ0) is 20.3. The summed E-state index contributed by atoms with van der Waals surface area (Å²) < 4.78 is 42.8. The Labute approximate surface area is 157 Å². The van der Waals surface area contributed by atoms with E-state index in [0.717, 1.165) is 12.1 Å². The van der Waals surface area contributed by atoms with Crippen molar-refractivity contribution in [1.82, 2.24) is 10.5 Å². The highest BCUT2D eigenvalue weighted by Gasteiger charge is 2.30. The molecule has 3 rings (SSSR count). The number of carbonyl (C=O) groups is 2. The van der Waals surface area contributed by atoms with Crippen LogP contribution in [0.1, 0.15) is 21.5 Å². The van der Waals surface area contributed by atoms with E-state index >= 15 is 0 Å². The van der Waals surface area contributed by atoms with Gasteiger partial charge in [-0.2, -0.15) is 13.2 Å². The largest absolute Gasteiger partial charge is 0.416 e. The molecule has 144 valence electrons. The summed E-state index contributed by atoms with van der Waals surface area (Å²) in [6, 6.07) is 11.6. The van der Waals surface area contributed by atoms with E-state index in [-0.39, 0.29) is 11.6 Å². The van der Waals surface area contributed by atoms with Gasteiger partial charge < -0.3 is 4.52 Å². The monoisotopic (exact) mass is 389 g/mol. The van der Waals surface area contributed by atoms with Gasteiger partial charge in [0.15, 0.2) is 11.6 Å². The van der Waals surface area contributed by atoms with Crippen LogP contribution in [0.15, 0.2) is 59.1 Å². The lowest BCUT2D eigenvalue weighted by Crippen LogP contribution is -2.34. The van der Waals surface area contributed by atoms with Crippen molar-refractivity contribution >= 4 is 17.8 Å². The molecular weight excluding hydrogens is 375 g/mol. The Morgan fingerprint density at radius 3 is 2.36 bits per heavy atom. The first-order valence-electron chi connectivity index (χ1n) is 8.06. The van der Waals surface area contributed by atoms with Crippen LogP contribution in [0.2, 0.25) is 0 Å². The molecule has 28 heavy (non-hydrogen) atoms. The van der Waals surface area contributed by atoms with E-state index in [1.807, 2.05) is 0 Å². The average molecular weight is 389 g/mol. The molecule has 0 spiro atoms. The zero-order valence-electron chi connectivity index (χ0n) is 14.5. The first-order valence-corrected chi connectivity index (χ1v) is 8.06. The van der Waals surface area contributed by atoms with E-state index < -0.39 is 23.7 Å². The molecule has 0 aliphatic heterocycles. The first-order chi connectivity index (χ1) is 13.2. The van der Waals surface area contributed by atoms with Crippen LogP contribution in [-0.4, -0.2) is 17.1 Å². The van der Waals surface area contributed by atoms with Crippen molar-refractivity contribution in [3.05, 3.63) is 71.3 Å². The Balaban J connectivity index is 1.65. The molecule has 1 heterocycles. The van der Waals surface area contributed by atoms with Crippen LogP contribution >= 0.6 is 0 Å². The second-order valence-corrected chi connectivity index (χ2v) is 5.87. The molecule has 0 fully saturated rings. The Morgan fingerprint density at radius 1 is 1.04 bits per heavy atom. The lowest BCUT2D eigenvalue weighted by molar-refractivity contribution is -0.137. The number of aromatic nitrogens is 1. The highest BCUT2D eigenvalue weighted by atomic mass is 19.4. The summed E-state index contributed by atoms with van der Waals surface area (Å²) in [5, 5.41) is 8.12. The third-order valence-electron chi connectivity index (χ3n) is 3.87. The number of benzene rings is 2. The Morgan fingerprint density at radius 2 is 1.71 bits per heavy atom. The standard InChI is InChI=1S/C19H14F3N3O3/c1-11-4-2-3-5-14(11)17(26)24-18(27)23-16-10-15(28-25-16)12-6-8-13(9-7-12)19(20,21)22/h2-10H,1H3,(H2,23,24,25,26,27). The van der Waals surface area contributed by atoms with Crippen LogP contribution in [0.3, 0.4) is 0 Å². The predicted octanol–water partition coefficient (Wildman–Crippen LogP) is 4.63. The maximum atomic E-state index is 12.6. The van der Waals surface area contributed by atoms with Crippen LogP contribution in [0.4, 0.5) is 23.8 Å². The number of nitrogens with one attached hydrogen (secondary N) is 2. The molecule has 3 amide bonds. The molecule has 0 aliphatic carbocycles. The number of alkyl halides is 3. The Hall–Kier alpha value is -3.62. The number of halogens is 3. The third-order valence-corrected chi connectivity index (χ3v) is 3.87. The van der Waals surface area contributed by atoms with E-state index in [0.29, 0.717) is 16.7 Å². The molecule has 0 unspecified atom stereocenters. The number of hydrogen-bond donors (Lipinski definition) is 2. The van der Waals surface area contributed by atoms with Crippen LogP contribution in [-0.2, 0) is 6.18 Å². The fourth-order valence-corrected chi connectivity index (χ4v) is 2.44. The molecule has 2 N–H and O–H groups in total. The number of amides is 3. The highest BCUT2D eigenvalue weighted by molar-refractivity contribution is 6.08. The summed E-state index contributed by atoms with van der Waals surface area (Å²) in [6.07, 6.45) is -4.44. The van der Waals surface area contributed by atoms with E-state index in [4.69, 9.17) is 4.52 Å². The second kappa shape index (κ2) is 7.55. The van der Waals surface area contributed by atoms with Gasteiger partial charge in [-0.15, -0.1) is 0 Å². The van der Waals surface area contributed by atoms with Crippen molar-refractivity contribution in [3.63, 3.8) is 0 Å². The fraction of sp³-hybridized carbons (Fsp3) is 0.105. The maximum absolute atomic E-state index is 12.6. The third kappa shape index (κ3) is 4.37. The molecule has 0 bridgehead atoms. The van der Waals surface area contributed by atoms with Gasteiger partial charge in [0.05, 0.1) is 5.56 Å². The van der Waals surface area contributed by atoms with Crippen LogP contribution in [0.25, 0.3) is 11.3 Å². The number of aryl methyl sites for hydroxylation is 1. The summed E-state index contributed by atoms with van der Waals surface area (Å²) in [4.78, 5) is 24.1. The zero-order valence-corrected chi connectivity index (χ0v) is 14.5. The molecule has 0 radical (unpaired) electrons. The van der Waals surface area contributed by atoms with Crippen molar-refractivity contribution in [2.45, 2.75) is 13.1 Å². The van der Waals surface area contributed by atoms with Gasteiger partial charge in [0, 0.05) is 17.2 Å². The van der Waals surface area contributed by atoms with E-state index in [2.05, 4.69) is 15.8 Å². The van der Waals surface area contributed by atoms with Gasteiger partial charge in [-0.25, -0.2) is 4.79 Å². The quantitative estimate of drug-likeness (QED) is 0.684. The summed E-state index contributed by atoms with van der Waals surface area (Å²) in [5.74, 6) is -0.415. The normalized spacial score (nSPS) is 11.1. The minimum Gasteiger partial charge on any atom is -0.354 e. The topological polar surface area (TPSA) is 84.2 Å². The SMILES string of the molecule is Cc1ccccc1C(=O)NC(=O)Nc1cc(-c2ccc(C(F)(F)F)cc2)on1. The van der Waals surface area contributed by atoms with Gasteiger partial charge in [0.25, 0.3) is 5.91 Å². The second-order valence-electron chi connectivity index (χ2n) is 5.87. The molecule has 1 aromatic heterocycles. The minimum absolute atomic E-state index is 0.00461. The van der Waals surface area contributed by atoms with Crippen LogP contribution in [0, 0.1) is 6.92 Å². The Bertz CT molecular complexity index is 1010. The van der Waals surface area contributed by atoms with E-state index in [1.165, 1.54) is 18.2 Å². The smallest absolute Gasteiger partial charge is 0.354 e. The summed E-state index contributed by atoms with van der Waals surface area (Å²) >= 11 is 0. The number of nitrogens with zero attached hydrogens (tertiary/aromatic N) is 1. The number of hydrogen-bond acceptors (Lipinski definition) is 4. The summed E-state index contributed by atoms with van der Waals surface area (Å²) in [5.41, 5.74) is 0.621. The number of rotatable bonds is 3. The molecule has 2 aromatic carbocycles. The summed E-state index contributed by atoms with van der Waals surface area (Å²) in [7, 11) is 0. The number of carbonyl (C=O) groups excluding carboxylic acids is 2. The van der Waals surface area contributed by atoms with Crippen molar-refractivity contribution in [2.75, 3.05) is 5.32 Å². The van der Waals surface area contributed by atoms with Gasteiger partial charge in [-0.05, 0) is 30.7 Å². The van der Waals surface area contributed by atoms with E-state index in [1.54, 1.807) is 31.2 Å². The fourth-order valence-electron chi connectivity index (χ4n) is 2.44. The van der Waals surface area contributed by atoms with Gasteiger partial charge >= 0.3 is 12.2 Å². The van der Waals surface area contributed by atoms with Crippen molar-refractivity contribution in [2.24, 2.45) is 0 Å². The van der Waals surface area contributed by atoms with E-state index in [9.17, 15) is 22.8 Å². The van der Waals surface area contributed by atoms with Crippen molar-refractivity contribution in [1.29, 1.82) is 0 Å². The number of anilines is 1.